The van der Waals surface area contributed by atoms with Crippen LogP contribution in [0.5, 0.6) is 0 Å². The maximum absolute atomic E-state index is 11.6. The Morgan fingerprint density at radius 1 is 1.61 bits per heavy atom. The highest BCUT2D eigenvalue weighted by atomic mass is 16.5. The fraction of sp³-hybridized carbons (Fsp3) is 0.455. The van der Waals surface area contributed by atoms with Gasteiger partial charge in [-0.1, -0.05) is 12.7 Å². The first-order valence-electron chi connectivity index (χ1n) is 5.49. The van der Waals surface area contributed by atoms with Gasteiger partial charge in [-0.2, -0.15) is 0 Å². The van der Waals surface area contributed by atoms with Crippen LogP contribution in [0.4, 0.5) is 0 Å². The highest BCUT2D eigenvalue weighted by molar-refractivity contribution is 5.43. The molecular formula is C11H14N2O5. The summed E-state index contributed by atoms with van der Waals surface area (Å²) in [6.07, 6.45) is 0.551. The van der Waals surface area contributed by atoms with Crippen molar-refractivity contribution in [1.82, 2.24) is 9.55 Å². The summed E-state index contributed by atoms with van der Waals surface area (Å²) in [7, 11) is 0. The van der Waals surface area contributed by atoms with Crippen LogP contribution in [-0.2, 0) is 4.74 Å². The number of aromatic amines is 1. The average molecular weight is 254 g/mol. The van der Waals surface area contributed by atoms with Crippen LogP contribution in [0.2, 0.25) is 0 Å². The lowest BCUT2D eigenvalue weighted by Crippen LogP contribution is -2.33. The lowest BCUT2D eigenvalue weighted by molar-refractivity contribution is -0.0459. The molecule has 7 heteroatoms. The molecule has 0 radical (unpaired) electrons. The SMILES string of the molecule is C=Cc1cn(C2C[C@H](O)[C@@H](CO)O2)c(=O)[nH]c1=O. The van der Waals surface area contributed by atoms with Gasteiger partial charge in [0.1, 0.15) is 12.3 Å². The quantitative estimate of drug-likeness (QED) is 0.630. The lowest BCUT2D eigenvalue weighted by Gasteiger charge is -2.14. The molecule has 1 unspecified atom stereocenters. The summed E-state index contributed by atoms with van der Waals surface area (Å²) in [5.41, 5.74) is -0.912. The Labute approximate surface area is 102 Å². The van der Waals surface area contributed by atoms with Crippen LogP contribution in [0.15, 0.2) is 22.4 Å². The zero-order valence-corrected chi connectivity index (χ0v) is 9.57. The number of nitrogens with zero attached hydrogens (tertiary/aromatic N) is 1. The second-order valence-electron chi connectivity index (χ2n) is 4.07. The number of aliphatic hydroxyl groups excluding tert-OH is 2. The number of H-pyrrole nitrogens is 1. The molecule has 98 valence electrons. The molecule has 1 aromatic heterocycles. The molecule has 0 spiro atoms. The van der Waals surface area contributed by atoms with Gasteiger partial charge in [0, 0.05) is 12.6 Å². The van der Waals surface area contributed by atoms with Gasteiger partial charge in [-0.15, -0.1) is 0 Å². The van der Waals surface area contributed by atoms with Crippen molar-refractivity contribution in [3.8, 4) is 0 Å². The van der Waals surface area contributed by atoms with Crippen LogP contribution in [0.25, 0.3) is 6.08 Å². The molecule has 0 saturated carbocycles. The fourth-order valence-electron chi connectivity index (χ4n) is 1.91. The highest BCUT2D eigenvalue weighted by Gasteiger charge is 2.34. The summed E-state index contributed by atoms with van der Waals surface area (Å²) in [6.45, 7) is 3.14. The smallest absolute Gasteiger partial charge is 0.330 e. The second-order valence-corrected chi connectivity index (χ2v) is 4.07. The molecule has 0 aromatic carbocycles. The van der Waals surface area contributed by atoms with Crippen molar-refractivity contribution < 1.29 is 14.9 Å². The van der Waals surface area contributed by atoms with E-state index in [1.165, 1.54) is 16.8 Å². The number of aromatic nitrogens is 2. The van der Waals surface area contributed by atoms with Gasteiger partial charge in [-0.25, -0.2) is 4.79 Å². The Kier molecular flexibility index (Phi) is 3.46. The van der Waals surface area contributed by atoms with Crippen LogP contribution < -0.4 is 11.2 Å². The number of nitrogens with one attached hydrogen (secondary N) is 1. The summed E-state index contributed by atoms with van der Waals surface area (Å²) in [4.78, 5) is 25.1. The van der Waals surface area contributed by atoms with Crippen molar-refractivity contribution in [2.75, 3.05) is 6.61 Å². The summed E-state index contributed by atoms with van der Waals surface area (Å²) < 4.78 is 6.51. The molecule has 1 fully saturated rings. The summed E-state index contributed by atoms with van der Waals surface area (Å²) in [5.74, 6) is 0. The standard InChI is InChI=1S/C11H14N2O5/c1-2-6-4-13(11(17)12-10(6)16)9-3-7(15)8(5-14)18-9/h2,4,7-9,14-15H,1,3,5H2,(H,12,16,17)/t7-,8+,9?/m0/s1. The largest absolute Gasteiger partial charge is 0.394 e. The van der Waals surface area contributed by atoms with Gasteiger partial charge in [-0.05, 0) is 0 Å². The number of ether oxygens (including phenoxy) is 1. The van der Waals surface area contributed by atoms with Crippen LogP contribution in [0.1, 0.15) is 18.2 Å². The minimum absolute atomic E-state index is 0.174. The van der Waals surface area contributed by atoms with Crippen molar-refractivity contribution >= 4 is 6.08 Å². The number of aliphatic hydroxyl groups is 2. The Bertz CT molecular complexity index is 561. The molecule has 1 aliphatic heterocycles. The fourth-order valence-corrected chi connectivity index (χ4v) is 1.91. The number of hydrogen-bond donors (Lipinski definition) is 3. The number of hydrogen-bond acceptors (Lipinski definition) is 5. The van der Waals surface area contributed by atoms with E-state index in [2.05, 4.69) is 11.6 Å². The summed E-state index contributed by atoms with van der Waals surface area (Å²) in [6, 6.07) is 0. The lowest BCUT2D eigenvalue weighted by atomic mass is 10.2. The molecule has 3 atom stereocenters. The average Bonchev–Trinajstić information content (AvgIpc) is 2.70. The van der Waals surface area contributed by atoms with E-state index in [4.69, 9.17) is 9.84 Å². The van der Waals surface area contributed by atoms with Gasteiger partial charge >= 0.3 is 5.69 Å². The van der Waals surface area contributed by atoms with Crippen LogP contribution in [0.3, 0.4) is 0 Å². The van der Waals surface area contributed by atoms with E-state index in [-0.39, 0.29) is 18.6 Å². The maximum atomic E-state index is 11.6. The summed E-state index contributed by atoms with van der Waals surface area (Å²) in [5, 5.41) is 18.6. The highest BCUT2D eigenvalue weighted by Crippen LogP contribution is 2.27. The van der Waals surface area contributed by atoms with E-state index in [9.17, 15) is 14.7 Å². The van der Waals surface area contributed by atoms with Crippen LogP contribution >= 0.6 is 0 Å². The van der Waals surface area contributed by atoms with Crippen molar-refractivity contribution in [3.05, 3.63) is 39.2 Å². The van der Waals surface area contributed by atoms with Crippen molar-refractivity contribution in [1.29, 1.82) is 0 Å². The maximum Gasteiger partial charge on any atom is 0.330 e. The van der Waals surface area contributed by atoms with Crippen LogP contribution in [-0.4, -0.2) is 38.6 Å². The molecule has 3 N–H and O–H groups in total. The monoisotopic (exact) mass is 254 g/mol. The molecule has 0 aliphatic carbocycles. The molecule has 0 amide bonds. The molecule has 1 aliphatic rings. The van der Waals surface area contributed by atoms with Crippen molar-refractivity contribution in [2.24, 2.45) is 0 Å². The number of rotatable bonds is 3. The predicted octanol–water partition coefficient (Wildman–Crippen LogP) is -1.18. The topological polar surface area (TPSA) is 105 Å². The van der Waals surface area contributed by atoms with Crippen molar-refractivity contribution in [3.63, 3.8) is 0 Å². The van der Waals surface area contributed by atoms with Crippen LogP contribution in [0, 0.1) is 0 Å². The van der Waals surface area contributed by atoms with Gasteiger partial charge in [0.2, 0.25) is 0 Å². The third-order valence-electron chi connectivity index (χ3n) is 2.91. The van der Waals surface area contributed by atoms with E-state index in [1.807, 2.05) is 0 Å². The molecule has 7 nitrogen and oxygen atoms in total. The second kappa shape index (κ2) is 4.89. The van der Waals surface area contributed by atoms with Gasteiger partial charge in [0.25, 0.3) is 5.56 Å². The third-order valence-corrected chi connectivity index (χ3v) is 2.91. The molecule has 0 bridgehead atoms. The first-order chi connectivity index (χ1) is 8.56. The Balaban J connectivity index is 2.38. The first kappa shape index (κ1) is 12.7. The zero-order valence-electron chi connectivity index (χ0n) is 9.57. The van der Waals surface area contributed by atoms with Gasteiger partial charge in [-0.3, -0.25) is 14.3 Å². The van der Waals surface area contributed by atoms with Gasteiger partial charge in [0.15, 0.2) is 0 Å². The van der Waals surface area contributed by atoms with E-state index in [1.54, 1.807) is 0 Å². The van der Waals surface area contributed by atoms with E-state index < -0.39 is 29.7 Å². The normalized spacial score (nSPS) is 27.3. The molecule has 2 heterocycles. The van der Waals surface area contributed by atoms with E-state index in [0.717, 1.165) is 0 Å². The molecule has 1 aromatic rings. The van der Waals surface area contributed by atoms with Gasteiger partial charge in [0.05, 0.1) is 18.3 Å². The molecule has 18 heavy (non-hydrogen) atoms. The third kappa shape index (κ3) is 2.15. The summed E-state index contributed by atoms with van der Waals surface area (Å²) >= 11 is 0. The molecular weight excluding hydrogens is 240 g/mol. The Morgan fingerprint density at radius 3 is 2.89 bits per heavy atom. The van der Waals surface area contributed by atoms with Crippen molar-refractivity contribution in [2.45, 2.75) is 24.9 Å². The minimum atomic E-state index is -0.842. The Morgan fingerprint density at radius 2 is 2.33 bits per heavy atom. The molecule has 2 rings (SSSR count). The Hall–Kier alpha value is -1.70. The predicted molar refractivity (Wildman–Crippen MR) is 63.0 cm³/mol. The first-order valence-corrected chi connectivity index (χ1v) is 5.49. The minimum Gasteiger partial charge on any atom is -0.394 e. The zero-order chi connectivity index (χ0) is 13.3. The van der Waals surface area contributed by atoms with E-state index >= 15 is 0 Å². The molecule has 1 saturated heterocycles. The van der Waals surface area contributed by atoms with Gasteiger partial charge < -0.3 is 14.9 Å². The van der Waals surface area contributed by atoms with E-state index in [0.29, 0.717) is 0 Å².